The van der Waals surface area contributed by atoms with Gasteiger partial charge in [0.25, 0.3) is 5.91 Å². The van der Waals surface area contributed by atoms with Crippen LogP contribution in [0, 0.1) is 0 Å². The smallest absolute Gasteiger partial charge is 0.270 e. The predicted octanol–water partition coefficient (Wildman–Crippen LogP) is 2.33. The van der Waals surface area contributed by atoms with E-state index in [0.29, 0.717) is 18.7 Å². The summed E-state index contributed by atoms with van der Waals surface area (Å²) < 4.78 is 23.9. The first-order valence-corrected chi connectivity index (χ1v) is 9.44. The third-order valence-electron chi connectivity index (χ3n) is 4.35. The maximum Gasteiger partial charge on any atom is 0.270 e. The summed E-state index contributed by atoms with van der Waals surface area (Å²) in [5, 5.41) is -0.385. The fraction of sp³-hybridized carbons (Fsp3) is 0.353. The first-order chi connectivity index (χ1) is 11.0. The molecule has 3 rings (SSSR count). The van der Waals surface area contributed by atoms with Crippen molar-refractivity contribution in [2.45, 2.75) is 18.6 Å². The molecule has 1 fully saturated rings. The van der Waals surface area contributed by atoms with Crippen molar-refractivity contribution in [2.24, 2.45) is 0 Å². The van der Waals surface area contributed by atoms with Gasteiger partial charge in [-0.2, -0.15) is 0 Å². The molecule has 1 aromatic heterocycles. The lowest BCUT2D eigenvalue weighted by Crippen LogP contribution is -2.33. The normalized spacial score (nSPS) is 20.9. The van der Waals surface area contributed by atoms with Gasteiger partial charge in [-0.15, -0.1) is 0 Å². The number of hydrogen-bond acceptors (Lipinski definition) is 3. The van der Waals surface area contributed by atoms with Crippen LogP contribution < -0.4 is 0 Å². The average Bonchev–Trinajstić information content (AvgIpc) is 3.00. The molecule has 0 bridgehead atoms. The van der Waals surface area contributed by atoms with Gasteiger partial charge in [0, 0.05) is 18.8 Å². The summed E-state index contributed by atoms with van der Waals surface area (Å²) >= 11 is 0. The molecule has 23 heavy (non-hydrogen) atoms. The van der Waals surface area contributed by atoms with Gasteiger partial charge in [-0.3, -0.25) is 4.79 Å². The molecule has 1 atom stereocenters. The molecule has 1 amide bonds. The highest BCUT2D eigenvalue weighted by Gasteiger charge is 2.29. The number of H-pyrrole nitrogens is 1. The fourth-order valence-corrected chi connectivity index (χ4v) is 4.09. The van der Waals surface area contributed by atoms with E-state index in [2.05, 4.69) is 4.98 Å². The molecule has 122 valence electrons. The largest absolute Gasteiger partial charge is 0.351 e. The van der Waals surface area contributed by atoms with Crippen molar-refractivity contribution in [2.75, 3.05) is 18.8 Å². The Bertz CT molecular complexity index is 796. The van der Waals surface area contributed by atoms with Crippen molar-refractivity contribution in [1.82, 2.24) is 9.88 Å². The van der Waals surface area contributed by atoms with Crippen molar-refractivity contribution in [1.29, 1.82) is 0 Å². The quantitative estimate of drug-likeness (QED) is 0.917. The Kier molecular flexibility index (Phi) is 4.26. The van der Waals surface area contributed by atoms with Crippen LogP contribution in [0.5, 0.6) is 0 Å². The minimum absolute atomic E-state index is 0.0339. The first kappa shape index (κ1) is 15.8. The number of aromatic nitrogens is 1. The zero-order chi connectivity index (χ0) is 16.4. The van der Waals surface area contributed by atoms with E-state index in [1.165, 1.54) is 0 Å². The van der Waals surface area contributed by atoms with Crippen LogP contribution in [0.3, 0.4) is 0 Å². The number of rotatable bonds is 2. The van der Waals surface area contributed by atoms with Crippen LogP contribution in [0.2, 0.25) is 0 Å². The molecule has 1 aliphatic rings. The number of hydrogen-bond donors (Lipinski definition) is 1. The van der Waals surface area contributed by atoms with Crippen LogP contribution in [0.1, 0.15) is 23.8 Å². The van der Waals surface area contributed by atoms with Crippen molar-refractivity contribution in [3.05, 3.63) is 48.2 Å². The molecule has 1 saturated heterocycles. The molecule has 2 aromatic rings. The Morgan fingerprint density at radius 3 is 2.61 bits per heavy atom. The van der Waals surface area contributed by atoms with Gasteiger partial charge >= 0.3 is 0 Å². The van der Waals surface area contributed by atoms with Gasteiger partial charge < -0.3 is 9.88 Å². The second-order valence-electron chi connectivity index (χ2n) is 5.91. The molecule has 0 spiro atoms. The zero-order valence-electron chi connectivity index (χ0n) is 13.0. The molecule has 0 unspecified atom stereocenters. The van der Waals surface area contributed by atoms with Gasteiger partial charge in [0.1, 0.15) is 5.69 Å². The van der Waals surface area contributed by atoms with E-state index in [0.717, 1.165) is 11.3 Å². The average molecular weight is 332 g/mol. The third-order valence-corrected chi connectivity index (χ3v) is 6.57. The van der Waals surface area contributed by atoms with Crippen molar-refractivity contribution < 1.29 is 13.2 Å². The summed E-state index contributed by atoms with van der Waals surface area (Å²) in [7, 11) is -3.09. The van der Waals surface area contributed by atoms with Gasteiger partial charge in [0.15, 0.2) is 9.84 Å². The van der Waals surface area contributed by atoms with Crippen molar-refractivity contribution in [3.8, 4) is 11.3 Å². The van der Waals surface area contributed by atoms with E-state index >= 15 is 0 Å². The minimum Gasteiger partial charge on any atom is -0.351 e. The van der Waals surface area contributed by atoms with Gasteiger partial charge in [0.05, 0.1) is 11.0 Å². The van der Waals surface area contributed by atoms with E-state index in [9.17, 15) is 13.2 Å². The van der Waals surface area contributed by atoms with Gasteiger partial charge in [0.2, 0.25) is 0 Å². The predicted molar refractivity (Wildman–Crippen MR) is 90.0 cm³/mol. The number of carbonyl (C=O) groups is 1. The van der Waals surface area contributed by atoms with Gasteiger partial charge in [-0.05, 0) is 31.0 Å². The van der Waals surface area contributed by atoms with E-state index in [-0.39, 0.29) is 23.5 Å². The van der Waals surface area contributed by atoms with Crippen LogP contribution in [0.4, 0.5) is 0 Å². The first-order valence-electron chi connectivity index (χ1n) is 7.72. The van der Waals surface area contributed by atoms with Crippen LogP contribution in [0.25, 0.3) is 11.3 Å². The second-order valence-corrected chi connectivity index (χ2v) is 8.45. The second kappa shape index (κ2) is 6.20. The maximum absolute atomic E-state index is 12.6. The Balaban J connectivity index is 1.78. The summed E-state index contributed by atoms with van der Waals surface area (Å²) in [5.74, 6) is -0.108. The summed E-state index contributed by atoms with van der Waals surface area (Å²) in [5.41, 5.74) is 2.39. The highest BCUT2D eigenvalue weighted by molar-refractivity contribution is 7.92. The zero-order valence-corrected chi connectivity index (χ0v) is 13.8. The molecule has 2 heterocycles. The molecule has 0 aliphatic carbocycles. The highest BCUT2D eigenvalue weighted by Crippen LogP contribution is 2.20. The summed E-state index contributed by atoms with van der Waals surface area (Å²) in [6, 6.07) is 13.4. The number of nitrogens with zero attached hydrogens (tertiary/aromatic N) is 1. The lowest BCUT2D eigenvalue weighted by Gasteiger charge is -2.18. The molecule has 6 heteroatoms. The highest BCUT2D eigenvalue weighted by atomic mass is 32.2. The molecular weight excluding hydrogens is 312 g/mol. The van der Waals surface area contributed by atoms with Crippen LogP contribution >= 0.6 is 0 Å². The maximum atomic E-state index is 12.6. The Hall–Kier alpha value is -2.08. The molecule has 1 N–H and O–H groups in total. The number of amides is 1. The van der Waals surface area contributed by atoms with Crippen LogP contribution in [-0.4, -0.2) is 48.3 Å². The standard InChI is InChI=1S/C17H20N2O3S/c1-13-9-10-19(11-12-23(13,21)22)17(20)16-8-7-15(18-16)14-5-3-2-4-6-14/h2-8,13,18H,9-12H2,1H3/t13-/m1/s1. The molecule has 1 aromatic carbocycles. The summed E-state index contributed by atoms with van der Waals surface area (Å²) in [4.78, 5) is 17.4. The van der Waals surface area contributed by atoms with Crippen LogP contribution in [-0.2, 0) is 9.84 Å². The Labute approximate surface area is 136 Å². The monoisotopic (exact) mass is 332 g/mol. The summed E-state index contributed by atoms with van der Waals surface area (Å²) in [6.45, 7) is 2.44. The van der Waals surface area contributed by atoms with Gasteiger partial charge in [-0.1, -0.05) is 30.3 Å². The van der Waals surface area contributed by atoms with E-state index < -0.39 is 9.84 Å². The molecule has 1 aliphatic heterocycles. The lowest BCUT2D eigenvalue weighted by molar-refractivity contribution is 0.0762. The van der Waals surface area contributed by atoms with E-state index in [4.69, 9.17) is 0 Å². The third kappa shape index (κ3) is 3.32. The van der Waals surface area contributed by atoms with E-state index in [1.54, 1.807) is 17.9 Å². The number of aromatic amines is 1. The Morgan fingerprint density at radius 2 is 1.87 bits per heavy atom. The number of nitrogens with one attached hydrogen (secondary N) is 1. The fourth-order valence-electron chi connectivity index (χ4n) is 2.75. The number of carbonyl (C=O) groups excluding carboxylic acids is 1. The molecular formula is C17H20N2O3S. The van der Waals surface area contributed by atoms with Crippen molar-refractivity contribution >= 4 is 15.7 Å². The van der Waals surface area contributed by atoms with E-state index in [1.807, 2.05) is 36.4 Å². The Morgan fingerprint density at radius 1 is 1.13 bits per heavy atom. The van der Waals surface area contributed by atoms with Crippen LogP contribution in [0.15, 0.2) is 42.5 Å². The number of benzene rings is 1. The molecule has 0 radical (unpaired) electrons. The minimum atomic E-state index is -3.09. The van der Waals surface area contributed by atoms with Gasteiger partial charge in [-0.25, -0.2) is 8.42 Å². The van der Waals surface area contributed by atoms with Crippen molar-refractivity contribution in [3.63, 3.8) is 0 Å². The number of sulfone groups is 1. The molecule has 5 nitrogen and oxygen atoms in total. The topological polar surface area (TPSA) is 70.2 Å². The lowest BCUT2D eigenvalue weighted by atomic mass is 10.2. The molecule has 0 saturated carbocycles. The summed E-state index contributed by atoms with van der Waals surface area (Å²) in [6.07, 6.45) is 0.486. The SMILES string of the molecule is C[C@@H]1CCN(C(=O)c2ccc(-c3ccccc3)[nH]2)CCS1(=O)=O.